The molecule has 1 aliphatic rings. The fraction of sp³-hybridized carbons (Fsp3) is 0.800. The van der Waals surface area contributed by atoms with Crippen molar-refractivity contribution in [1.29, 1.82) is 0 Å². The molecule has 80 valence electrons. The molecule has 1 rings (SSSR count). The van der Waals surface area contributed by atoms with Gasteiger partial charge in [0.05, 0.1) is 0 Å². The molecule has 1 aliphatic heterocycles. The molecule has 1 fully saturated rings. The Balaban J connectivity index is 2.56. The highest BCUT2D eigenvalue weighted by Gasteiger charge is 2.37. The molecule has 0 aromatic carbocycles. The highest BCUT2D eigenvalue weighted by Crippen LogP contribution is 2.26. The van der Waals surface area contributed by atoms with Gasteiger partial charge >= 0.3 is 0 Å². The van der Waals surface area contributed by atoms with Crippen LogP contribution in [0.25, 0.3) is 0 Å². The van der Waals surface area contributed by atoms with E-state index in [1.165, 1.54) is 0 Å². The number of hydrogen-bond acceptors (Lipinski definition) is 4. The molecular formula is C10H16O4. The number of rotatable bonds is 3. The van der Waals surface area contributed by atoms with Crippen LogP contribution in [0.1, 0.15) is 20.3 Å². The van der Waals surface area contributed by atoms with Crippen molar-refractivity contribution >= 4 is 0 Å². The van der Waals surface area contributed by atoms with Crippen LogP contribution >= 0.6 is 0 Å². The molecule has 3 atom stereocenters. The molecule has 4 heteroatoms. The number of ether oxygens (including phenoxy) is 3. The van der Waals surface area contributed by atoms with Crippen molar-refractivity contribution in [2.45, 2.75) is 44.6 Å². The largest absolute Gasteiger partial charge is 0.366 e. The molecule has 0 spiro atoms. The Kier molecular flexibility index (Phi) is 3.51. The van der Waals surface area contributed by atoms with Crippen molar-refractivity contribution in [1.82, 2.24) is 0 Å². The summed E-state index contributed by atoms with van der Waals surface area (Å²) in [6, 6.07) is 0. The van der Waals surface area contributed by atoms with Crippen LogP contribution in [0.5, 0.6) is 0 Å². The molecule has 14 heavy (non-hydrogen) atoms. The molecule has 0 aromatic rings. The summed E-state index contributed by atoms with van der Waals surface area (Å²) in [5.74, 6) is 1.26. The van der Waals surface area contributed by atoms with E-state index < -0.39 is 11.9 Å². The third-order valence-corrected chi connectivity index (χ3v) is 1.93. The van der Waals surface area contributed by atoms with Gasteiger partial charge in [-0.2, -0.15) is 0 Å². The van der Waals surface area contributed by atoms with E-state index in [4.69, 9.17) is 20.6 Å². The normalized spacial score (nSPS) is 32.9. The summed E-state index contributed by atoms with van der Waals surface area (Å²) in [5, 5.41) is 9.46. The monoisotopic (exact) mass is 200 g/mol. The summed E-state index contributed by atoms with van der Waals surface area (Å²) >= 11 is 0. The number of aliphatic hydroxyl groups is 1. The summed E-state index contributed by atoms with van der Waals surface area (Å²) in [6.45, 7) is 3.11. The molecule has 0 unspecified atom stereocenters. The lowest BCUT2D eigenvalue weighted by Gasteiger charge is -2.24. The Hall–Kier alpha value is -0.600. The van der Waals surface area contributed by atoms with Gasteiger partial charge in [-0.3, -0.25) is 0 Å². The minimum atomic E-state index is -1.20. The molecule has 0 saturated carbocycles. The standard InChI is InChI=1S/C10H16O4/c1-5-7-8(14-10(2,3)11)6-9(12-4)13-7/h1,7-9,11H,6H2,2-4H3/t7-,8+,9-/m1/s1. The highest BCUT2D eigenvalue weighted by molar-refractivity contribution is 5.02. The van der Waals surface area contributed by atoms with Crippen molar-refractivity contribution in [2.75, 3.05) is 7.11 Å². The maximum atomic E-state index is 9.46. The van der Waals surface area contributed by atoms with E-state index in [2.05, 4.69) is 5.92 Å². The maximum absolute atomic E-state index is 9.46. The van der Waals surface area contributed by atoms with Crippen LogP contribution in [-0.4, -0.2) is 36.5 Å². The van der Waals surface area contributed by atoms with Gasteiger partial charge in [0, 0.05) is 13.5 Å². The second-order valence-electron chi connectivity index (χ2n) is 3.73. The van der Waals surface area contributed by atoms with Gasteiger partial charge < -0.3 is 19.3 Å². The van der Waals surface area contributed by atoms with Crippen LogP contribution in [0.3, 0.4) is 0 Å². The third-order valence-electron chi connectivity index (χ3n) is 1.93. The Labute approximate surface area is 84.2 Å². The average molecular weight is 200 g/mol. The predicted octanol–water partition coefficient (Wildman–Crippen LogP) is 0.495. The Morgan fingerprint density at radius 1 is 1.57 bits per heavy atom. The fourth-order valence-corrected chi connectivity index (χ4v) is 1.40. The molecule has 0 bridgehead atoms. The first-order chi connectivity index (χ1) is 6.46. The predicted molar refractivity (Wildman–Crippen MR) is 50.3 cm³/mol. The average Bonchev–Trinajstić information content (AvgIpc) is 2.44. The minimum Gasteiger partial charge on any atom is -0.366 e. The second-order valence-corrected chi connectivity index (χ2v) is 3.73. The Morgan fingerprint density at radius 3 is 2.64 bits per heavy atom. The second kappa shape index (κ2) is 4.28. The zero-order valence-electron chi connectivity index (χ0n) is 8.69. The first kappa shape index (κ1) is 11.5. The van der Waals surface area contributed by atoms with E-state index in [1.807, 2.05) is 0 Å². The topological polar surface area (TPSA) is 47.9 Å². The molecule has 1 heterocycles. The van der Waals surface area contributed by atoms with Crippen molar-refractivity contribution in [3.8, 4) is 12.3 Å². The van der Waals surface area contributed by atoms with E-state index in [0.717, 1.165) is 0 Å². The van der Waals surface area contributed by atoms with E-state index in [0.29, 0.717) is 6.42 Å². The third kappa shape index (κ3) is 2.96. The van der Waals surface area contributed by atoms with Gasteiger partial charge in [-0.25, -0.2) is 0 Å². The van der Waals surface area contributed by atoms with Crippen LogP contribution in [-0.2, 0) is 14.2 Å². The van der Waals surface area contributed by atoms with Crippen LogP contribution in [0.15, 0.2) is 0 Å². The van der Waals surface area contributed by atoms with E-state index in [-0.39, 0.29) is 12.4 Å². The molecule has 1 N–H and O–H groups in total. The van der Waals surface area contributed by atoms with Crippen molar-refractivity contribution in [2.24, 2.45) is 0 Å². The van der Waals surface area contributed by atoms with Gasteiger partial charge in [0.25, 0.3) is 0 Å². The van der Waals surface area contributed by atoms with Crippen molar-refractivity contribution in [3.63, 3.8) is 0 Å². The van der Waals surface area contributed by atoms with Gasteiger partial charge in [0.1, 0.15) is 12.2 Å². The molecule has 4 nitrogen and oxygen atoms in total. The molecule has 0 aromatic heterocycles. The Morgan fingerprint density at radius 2 is 2.21 bits per heavy atom. The van der Waals surface area contributed by atoms with Gasteiger partial charge in [0.15, 0.2) is 12.1 Å². The van der Waals surface area contributed by atoms with Crippen LogP contribution in [0, 0.1) is 12.3 Å². The lowest BCUT2D eigenvalue weighted by atomic mass is 10.2. The fourth-order valence-electron chi connectivity index (χ4n) is 1.40. The zero-order chi connectivity index (χ0) is 10.8. The van der Waals surface area contributed by atoms with Crippen molar-refractivity contribution < 1.29 is 19.3 Å². The van der Waals surface area contributed by atoms with E-state index >= 15 is 0 Å². The highest BCUT2D eigenvalue weighted by atomic mass is 16.7. The summed E-state index contributed by atoms with van der Waals surface area (Å²) in [5.41, 5.74) is 0. The molecule has 1 saturated heterocycles. The molecule has 0 radical (unpaired) electrons. The number of terminal acetylenes is 1. The van der Waals surface area contributed by atoms with E-state index in [1.54, 1.807) is 21.0 Å². The van der Waals surface area contributed by atoms with Crippen LogP contribution in [0.4, 0.5) is 0 Å². The number of hydrogen-bond donors (Lipinski definition) is 1. The summed E-state index contributed by atoms with van der Waals surface area (Å²) < 4.78 is 15.7. The SMILES string of the molecule is C#C[C@H]1O[C@@H](OC)C[C@@H]1OC(C)(C)O. The maximum Gasteiger partial charge on any atom is 0.161 e. The first-order valence-electron chi connectivity index (χ1n) is 4.51. The first-order valence-corrected chi connectivity index (χ1v) is 4.51. The zero-order valence-corrected chi connectivity index (χ0v) is 8.69. The summed E-state index contributed by atoms with van der Waals surface area (Å²) in [6.07, 6.45) is 4.69. The van der Waals surface area contributed by atoms with Crippen molar-refractivity contribution in [3.05, 3.63) is 0 Å². The summed E-state index contributed by atoms with van der Waals surface area (Å²) in [4.78, 5) is 0. The lowest BCUT2D eigenvalue weighted by Crippen LogP contribution is -2.34. The lowest BCUT2D eigenvalue weighted by molar-refractivity contribution is -0.209. The minimum absolute atomic E-state index is 0.315. The molecule has 0 aliphatic carbocycles. The molecular weight excluding hydrogens is 184 g/mol. The van der Waals surface area contributed by atoms with Gasteiger partial charge in [0.2, 0.25) is 0 Å². The van der Waals surface area contributed by atoms with Gasteiger partial charge in [-0.1, -0.05) is 5.92 Å². The van der Waals surface area contributed by atoms with Gasteiger partial charge in [-0.15, -0.1) is 6.42 Å². The summed E-state index contributed by atoms with van der Waals surface area (Å²) in [7, 11) is 1.55. The van der Waals surface area contributed by atoms with Gasteiger partial charge in [-0.05, 0) is 13.8 Å². The molecule has 0 amide bonds. The Bertz CT molecular complexity index is 225. The smallest absolute Gasteiger partial charge is 0.161 e. The van der Waals surface area contributed by atoms with Crippen LogP contribution in [0.2, 0.25) is 0 Å². The quantitative estimate of drug-likeness (QED) is 0.532. The van der Waals surface area contributed by atoms with E-state index in [9.17, 15) is 5.11 Å². The number of methoxy groups -OCH3 is 1. The van der Waals surface area contributed by atoms with Crippen LogP contribution < -0.4 is 0 Å².